The van der Waals surface area contributed by atoms with E-state index in [1.54, 1.807) is 0 Å². The van der Waals surface area contributed by atoms with Gasteiger partial charge in [-0.25, -0.2) is 0 Å². The number of carbonyl (C=O) groups excluding carboxylic acids is 1. The molecule has 1 saturated carbocycles. The van der Waals surface area contributed by atoms with E-state index in [0.717, 1.165) is 32.2 Å². The lowest BCUT2D eigenvalue weighted by Crippen LogP contribution is -2.63. The van der Waals surface area contributed by atoms with E-state index >= 15 is 0 Å². The minimum Gasteiger partial charge on any atom is -0.369 e. The van der Waals surface area contributed by atoms with Crippen molar-refractivity contribution in [3.05, 3.63) is 6.42 Å². The second-order valence-corrected chi connectivity index (χ2v) is 3.86. The summed E-state index contributed by atoms with van der Waals surface area (Å²) in [5.41, 5.74) is 5.37. The highest BCUT2D eigenvalue weighted by Crippen LogP contribution is 2.43. The van der Waals surface area contributed by atoms with Crippen LogP contribution in [0.3, 0.4) is 0 Å². The van der Waals surface area contributed by atoms with Gasteiger partial charge in [0.2, 0.25) is 5.91 Å². The van der Waals surface area contributed by atoms with Crippen molar-refractivity contribution in [2.24, 2.45) is 11.7 Å². The first-order valence-electron chi connectivity index (χ1n) is 4.61. The number of rotatable bonds is 1. The van der Waals surface area contributed by atoms with Crippen molar-refractivity contribution >= 4 is 5.91 Å². The number of hydrogen-bond donors (Lipinski definition) is 2. The van der Waals surface area contributed by atoms with Crippen LogP contribution in [-0.4, -0.2) is 18.0 Å². The minimum absolute atomic E-state index is 0.0596. The maximum absolute atomic E-state index is 11.0. The molecule has 1 aliphatic carbocycles. The van der Waals surface area contributed by atoms with E-state index in [4.69, 9.17) is 5.73 Å². The molecule has 3 N–H and O–H groups in total. The molecule has 1 saturated heterocycles. The summed E-state index contributed by atoms with van der Waals surface area (Å²) in [5, 5.41) is 3.43. The predicted octanol–water partition coefficient (Wildman–Crippen LogP) is 0.208. The predicted molar refractivity (Wildman–Crippen MR) is 46.2 cm³/mol. The Morgan fingerprint density at radius 2 is 2.50 bits per heavy atom. The molecular weight excluding hydrogens is 152 g/mol. The Bertz CT molecular complexity index is 197. The Labute approximate surface area is 72.7 Å². The summed E-state index contributed by atoms with van der Waals surface area (Å²) in [5.74, 6) is -0.0573. The molecule has 3 nitrogen and oxygen atoms in total. The van der Waals surface area contributed by atoms with E-state index in [0.29, 0.717) is 0 Å². The molecule has 1 aliphatic heterocycles. The van der Waals surface area contributed by atoms with E-state index in [9.17, 15) is 4.79 Å². The summed E-state index contributed by atoms with van der Waals surface area (Å²) in [7, 11) is 0. The van der Waals surface area contributed by atoms with E-state index in [2.05, 4.69) is 11.7 Å². The molecule has 2 aliphatic rings. The van der Waals surface area contributed by atoms with Crippen LogP contribution in [0.2, 0.25) is 0 Å². The van der Waals surface area contributed by atoms with Crippen molar-refractivity contribution in [3.63, 3.8) is 0 Å². The van der Waals surface area contributed by atoms with Gasteiger partial charge in [-0.3, -0.25) is 4.79 Å². The van der Waals surface area contributed by atoms with Gasteiger partial charge in [0.1, 0.15) is 0 Å². The van der Waals surface area contributed by atoms with Crippen molar-refractivity contribution in [2.75, 3.05) is 6.54 Å². The average Bonchev–Trinajstić information content (AvgIpc) is 2.03. The standard InChI is InChI=1S/C9H15N2O/c10-8(12)7-3-5-9(7)4-1-2-6-11-9/h1,7,11H,2-6H2,(H2,10,12). The Morgan fingerprint density at radius 1 is 1.67 bits per heavy atom. The minimum atomic E-state index is -0.135. The van der Waals surface area contributed by atoms with Crippen molar-refractivity contribution in [1.29, 1.82) is 0 Å². The van der Waals surface area contributed by atoms with Gasteiger partial charge in [-0.05, 0) is 38.6 Å². The first-order valence-corrected chi connectivity index (χ1v) is 4.61. The van der Waals surface area contributed by atoms with Crippen LogP contribution in [0.4, 0.5) is 0 Å². The summed E-state index contributed by atoms with van der Waals surface area (Å²) < 4.78 is 0. The molecule has 2 fully saturated rings. The van der Waals surface area contributed by atoms with E-state index in [-0.39, 0.29) is 17.4 Å². The van der Waals surface area contributed by atoms with Gasteiger partial charge < -0.3 is 11.1 Å². The van der Waals surface area contributed by atoms with Gasteiger partial charge in [0.05, 0.1) is 5.92 Å². The number of nitrogens with one attached hydrogen (secondary N) is 1. The van der Waals surface area contributed by atoms with Gasteiger partial charge in [-0.15, -0.1) is 0 Å². The van der Waals surface area contributed by atoms with Crippen LogP contribution < -0.4 is 11.1 Å². The van der Waals surface area contributed by atoms with Crippen molar-refractivity contribution in [1.82, 2.24) is 5.32 Å². The van der Waals surface area contributed by atoms with Crippen LogP contribution in [0, 0.1) is 12.3 Å². The summed E-state index contributed by atoms with van der Waals surface area (Å²) in [4.78, 5) is 11.0. The molecule has 1 heterocycles. The van der Waals surface area contributed by atoms with Gasteiger partial charge in [-0.1, -0.05) is 0 Å². The van der Waals surface area contributed by atoms with Crippen LogP contribution in [0.25, 0.3) is 0 Å². The lowest BCUT2D eigenvalue weighted by Gasteiger charge is -2.51. The second-order valence-electron chi connectivity index (χ2n) is 3.86. The monoisotopic (exact) mass is 167 g/mol. The second kappa shape index (κ2) is 2.73. The molecule has 1 amide bonds. The molecule has 0 bridgehead atoms. The molecule has 3 heteroatoms. The molecular formula is C9H15N2O. The zero-order chi connectivity index (χ0) is 8.60. The van der Waals surface area contributed by atoms with Gasteiger partial charge >= 0.3 is 0 Å². The topological polar surface area (TPSA) is 55.1 Å². The number of primary amides is 1. The summed E-state index contributed by atoms with van der Waals surface area (Å²) >= 11 is 0. The molecule has 0 aromatic rings. The van der Waals surface area contributed by atoms with Crippen LogP contribution >= 0.6 is 0 Å². The van der Waals surface area contributed by atoms with Crippen molar-refractivity contribution in [3.8, 4) is 0 Å². The molecule has 2 unspecified atom stereocenters. The summed E-state index contributed by atoms with van der Waals surface area (Å²) in [6, 6.07) is 0. The fraction of sp³-hybridized carbons (Fsp3) is 0.778. The van der Waals surface area contributed by atoms with Crippen LogP contribution in [0.1, 0.15) is 25.7 Å². The average molecular weight is 167 g/mol. The third kappa shape index (κ3) is 1.04. The number of carbonyl (C=O) groups is 1. The third-order valence-electron chi connectivity index (χ3n) is 3.22. The number of hydrogen-bond acceptors (Lipinski definition) is 2. The maximum Gasteiger partial charge on any atom is 0.222 e. The SMILES string of the molecule is NC(=O)C1CCC12C[CH]CCN2. The van der Waals surface area contributed by atoms with E-state index in [1.165, 1.54) is 0 Å². The highest BCUT2D eigenvalue weighted by molar-refractivity contribution is 5.79. The quantitative estimate of drug-likeness (QED) is 0.586. The molecule has 1 spiro atoms. The highest BCUT2D eigenvalue weighted by atomic mass is 16.1. The van der Waals surface area contributed by atoms with Gasteiger partial charge in [-0.2, -0.15) is 0 Å². The Morgan fingerprint density at radius 3 is 2.92 bits per heavy atom. The third-order valence-corrected chi connectivity index (χ3v) is 3.22. The van der Waals surface area contributed by atoms with Crippen LogP contribution in [0.15, 0.2) is 0 Å². The Hall–Kier alpha value is -0.570. The molecule has 1 radical (unpaired) electrons. The normalized spacial score (nSPS) is 40.8. The summed E-state index contributed by atoms with van der Waals surface area (Å²) in [6.07, 6.45) is 6.48. The number of amides is 1. The molecule has 2 rings (SSSR count). The van der Waals surface area contributed by atoms with Crippen LogP contribution in [-0.2, 0) is 4.79 Å². The fourth-order valence-corrected chi connectivity index (χ4v) is 2.36. The summed E-state index contributed by atoms with van der Waals surface area (Å²) in [6.45, 7) is 1.00. The maximum atomic E-state index is 11.0. The lowest BCUT2D eigenvalue weighted by atomic mass is 9.62. The zero-order valence-electron chi connectivity index (χ0n) is 7.18. The molecule has 2 atom stereocenters. The molecule has 0 aromatic heterocycles. The number of piperidine rings is 1. The lowest BCUT2D eigenvalue weighted by molar-refractivity contribution is -0.129. The van der Waals surface area contributed by atoms with E-state index in [1.807, 2.05) is 0 Å². The Balaban J connectivity index is 2.05. The van der Waals surface area contributed by atoms with Gasteiger partial charge in [0.25, 0.3) is 0 Å². The van der Waals surface area contributed by atoms with Crippen molar-refractivity contribution in [2.45, 2.75) is 31.2 Å². The zero-order valence-corrected chi connectivity index (χ0v) is 7.18. The molecule has 0 aromatic carbocycles. The first-order chi connectivity index (χ1) is 5.75. The van der Waals surface area contributed by atoms with Gasteiger partial charge in [0, 0.05) is 5.54 Å². The van der Waals surface area contributed by atoms with E-state index < -0.39 is 0 Å². The van der Waals surface area contributed by atoms with Crippen LogP contribution in [0.5, 0.6) is 0 Å². The molecule has 12 heavy (non-hydrogen) atoms. The Kier molecular flexibility index (Phi) is 1.83. The van der Waals surface area contributed by atoms with Gasteiger partial charge in [0.15, 0.2) is 0 Å². The fourth-order valence-electron chi connectivity index (χ4n) is 2.36. The van der Waals surface area contributed by atoms with Crippen molar-refractivity contribution < 1.29 is 4.79 Å². The first kappa shape index (κ1) is 8.05. The molecule has 67 valence electrons. The largest absolute Gasteiger partial charge is 0.369 e. The highest BCUT2D eigenvalue weighted by Gasteiger charge is 2.49. The number of nitrogens with two attached hydrogens (primary N) is 1. The smallest absolute Gasteiger partial charge is 0.222 e.